The van der Waals surface area contributed by atoms with Crippen LogP contribution in [0.15, 0.2) is 74.3 Å². The zero-order valence-electron chi connectivity index (χ0n) is 14.5. The molecule has 2 aromatic carbocycles. The highest BCUT2D eigenvalue weighted by molar-refractivity contribution is 9.10. The Kier molecular flexibility index (Phi) is 6.29. The van der Waals surface area contributed by atoms with E-state index >= 15 is 0 Å². The first-order chi connectivity index (χ1) is 12.6. The molecule has 3 aromatic rings. The van der Waals surface area contributed by atoms with Crippen LogP contribution in [0.3, 0.4) is 0 Å². The lowest BCUT2D eigenvalue weighted by atomic mass is 10.0. The van der Waals surface area contributed by atoms with E-state index in [9.17, 15) is 9.90 Å². The SMILES string of the molecule is O=c1oc(CCc2ccccc2)c(Br)c(O)c1CCCc1ccccc1. The summed E-state index contributed by atoms with van der Waals surface area (Å²) in [6.07, 6.45) is 3.42. The Morgan fingerprint density at radius 3 is 2.00 bits per heavy atom. The van der Waals surface area contributed by atoms with Crippen molar-refractivity contribution in [3.05, 3.63) is 98.0 Å². The lowest BCUT2D eigenvalue weighted by molar-refractivity contribution is 0.405. The summed E-state index contributed by atoms with van der Waals surface area (Å²) >= 11 is 3.39. The molecule has 0 amide bonds. The number of halogens is 1. The summed E-state index contributed by atoms with van der Waals surface area (Å²) in [5.74, 6) is 0.500. The van der Waals surface area contributed by atoms with Crippen molar-refractivity contribution < 1.29 is 9.52 Å². The summed E-state index contributed by atoms with van der Waals surface area (Å²) < 4.78 is 5.97. The first kappa shape index (κ1) is 18.5. The van der Waals surface area contributed by atoms with E-state index in [1.807, 2.05) is 48.5 Å². The molecule has 1 heterocycles. The Bertz CT molecular complexity index is 902. The van der Waals surface area contributed by atoms with Crippen LogP contribution in [0.2, 0.25) is 0 Å². The molecule has 3 nitrogen and oxygen atoms in total. The van der Waals surface area contributed by atoms with E-state index in [1.54, 1.807) is 0 Å². The lowest BCUT2D eigenvalue weighted by Gasteiger charge is -2.09. The molecule has 0 aliphatic carbocycles. The van der Waals surface area contributed by atoms with Crippen LogP contribution in [-0.2, 0) is 25.7 Å². The van der Waals surface area contributed by atoms with Gasteiger partial charge in [0.15, 0.2) is 0 Å². The summed E-state index contributed by atoms with van der Waals surface area (Å²) in [5.41, 5.74) is 2.28. The van der Waals surface area contributed by atoms with Crippen molar-refractivity contribution in [3.63, 3.8) is 0 Å². The highest BCUT2D eigenvalue weighted by Gasteiger charge is 2.17. The maximum atomic E-state index is 12.3. The molecular weight excluding hydrogens is 392 g/mol. The number of hydrogen-bond acceptors (Lipinski definition) is 3. The second-order valence-electron chi connectivity index (χ2n) is 6.28. The van der Waals surface area contributed by atoms with Crippen molar-refractivity contribution in [3.8, 4) is 5.75 Å². The van der Waals surface area contributed by atoms with Crippen LogP contribution in [0.5, 0.6) is 5.75 Å². The van der Waals surface area contributed by atoms with Gasteiger partial charge in [0.05, 0.1) is 10.0 Å². The van der Waals surface area contributed by atoms with Gasteiger partial charge >= 0.3 is 5.63 Å². The lowest BCUT2D eigenvalue weighted by Crippen LogP contribution is -2.11. The largest absolute Gasteiger partial charge is 0.506 e. The fraction of sp³-hybridized carbons (Fsp3) is 0.227. The van der Waals surface area contributed by atoms with Crippen LogP contribution < -0.4 is 5.63 Å². The molecule has 0 saturated carbocycles. The predicted molar refractivity (Wildman–Crippen MR) is 107 cm³/mol. The number of rotatable bonds is 7. The van der Waals surface area contributed by atoms with Crippen LogP contribution >= 0.6 is 15.9 Å². The van der Waals surface area contributed by atoms with Gasteiger partial charge in [0, 0.05) is 6.42 Å². The van der Waals surface area contributed by atoms with Crippen molar-refractivity contribution in [2.24, 2.45) is 0 Å². The molecule has 0 unspecified atom stereocenters. The number of hydrogen-bond donors (Lipinski definition) is 1. The van der Waals surface area contributed by atoms with E-state index < -0.39 is 5.63 Å². The normalized spacial score (nSPS) is 10.8. The first-order valence-electron chi connectivity index (χ1n) is 8.76. The molecule has 0 radical (unpaired) electrons. The molecule has 0 saturated heterocycles. The van der Waals surface area contributed by atoms with Gasteiger partial charge in [-0.3, -0.25) is 0 Å². The molecular formula is C22H21BrO3. The Balaban J connectivity index is 1.68. The van der Waals surface area contributed by atoms with Crippen LogP contribution in [0, 0.1) is 0 Å². The van der Waals surface area contributed by atoms with Gasteiger partial charge in [-0.1, -0.05) is 60.7 Å². The summed E-state index contributed by atoms with van der Waals surface area (Å²) in [6.45, 7) is 0. The molecule has 0 aliphatic rings. The highest BCUT2D eigenvalue weighted by Crippen LogP contribution is 2.31. The van der Waals surface area contributed by atoms with Crippen molar-refractivity contribution >= 4 is 15.9 Å². The third-order valence-corrected chi connectivity index (χ3v) is 5.24. The molecule has 0 aliphatic heterocycles. The van der Waals surface area contributed by atoms with Gasteiger partial charge < -0.3 is 9.52 Å². The smallest absolute Gasteiger partial charge is 0.342 e. The third-order valence-electron chi connectivity index (χ3n) is 4.42. The van der Waals surface area contributed by atoms with Crippen molar-refractivity contribution in [1.82, 2.24) is 0 Å². The van der Waals surface area contributed by atoms with E-state index in [2.05, 4.69) is 28.1 Å². The average Bonchev–Trinajstić information content (AvgIpc) is 2.68. The molecule has 134 valence electrons. The van der Waals surface area contributed by atoms with Gasteiger partial charge in [-0.25, -0.2) is 4.79 Å². The fourth-order valence-electron chi connectivity index (χ4n) is 2.98. The molecule has 4 heteroatoms. The van der Waals surface area contributed by atoms with Gasteiger partial charge in [0.2, 0.25) is 0 Å². The van der Waals surface area contributed by atoms with Gasteiger partial charge in [0.25, 0.3) is 0 Å². The minimum atomic E-state index is -0.443. The van der Waals surface area contributed by atoms with E-state index in [0.717, 1.165) is 24.8 Å². The van der Waals surface area contributed by atoms with Gasteiger partial charge in [-0.05, 0) is 52.7 Å². The van der Waals surface area contributed by atoms with Crippen molar-refractivity contribution in [2.75, 3.05) is 0 Å². The molecule has 0 bridgehead atoms. The van der Waals surface area contributed by atoms with E-state index in [4.69, 9.17) is 4.42 Å². The topological polar surface area (TPSA) is 50.4 Å². The molecule has 1 N–H and O–H groups in total. The second-order valence-corrected chi connectivity index (χ2v) is 7.07. The van der Waals surface area contributed by atoms with Gasteiger partial charge in [-0.15, -0.1) is 0 Å². The van der Waals surface area contributed by atoms with Crippen LogP contribution in [0.4, 0.5) is 0 Å². The summed E-state index contributed by atoms with van der Waals surface area (Å²) in [5, 5.41) is 10.4. The zero-order chi connectivity index (χ0) is 18.4. The molecule has 26 heavy (non-hydrogen) atoms. The average molecular weight is 413 g/mol. The highest BCUT2D eigenvalue weighted by atomic mass is 79.9. The Morgan fingerprint density at radius 2 is 1.38 bits per heavy atom. The maximum Gasteiger partial charge on any atom is 0.342 e. The maximum absolute atomic E-state index is 12.3. The Hall–Kier alpha value is -2.33. The quantitative estimate of drug-likeness (QED) is 0.589. The number of benzene rings is 2. The summed E-state index contributed by atoms with van der Waals surface area (Å²) in [4.78, 5) is 12.3. The fourth-order valence-corrected chi connectivity index (χ4v) is 3.50. The Morgan fingerprint density at radius 1 is 0.808 bits per heavy atom. The molecule has 1 aromatic heterocycles. The monoisotopic (exact) mass is 412 g/mol. The summed E-state index contributed by atoms with van der Waals surface area (Å²) in [6, 6.07) is 20.1. The minimum Gasteiger partial charge on any atom is -0.506 e. The third kappa shape index (κ3) is 4.64. The molecule has 0 atom stereocenters. The molecule has 0 fully saturated rings. The number of aromatic hydroxyl groups is 1. The first-order valence-corrected chi connectivity index (χ1v) is 9.55. The van der Waals surface area contributed by atoms with E-state index in [1.165, 1.54) is 5.56 Å². The van der Waals surface area contributed by atoms with E-state index in [0.29, 0.717) is 28.6 Å². The molecule has 0 spiro atoms. The number of aryl methyl sites for hydroxylation is 3. The van der Waals surface area contributed by atoms with Crippen LogP contribution in [0.25, 0.3) is 0 Å². The van der Waals surface area contributed by atoms with E-state index in [-0.39, 0.29) is 5.75 Å². The minimum absolute atomic E-state index is 0.0115. The zero-order valence-corrected chi connectivity index (χ0v) is 16.0. The second kappa shape index (κ2) is 8.86. The van der Waals surface area contributed by atoms with Crippen molar-refractivity contribution in [1.29, 1.82) is 0 Å². The standard InChI is InChI=1S/C22H21BrO3/c23-20-19(15-14-17-10-5-2-6-11-17)26-22(25)18(21(20)24)13-7-12-16-8-3-1-4-9-16/h1-6,8-11,24H,7,12-15H2. The van der Waals surface area contributed by atoms with Crippen LogP contribution in [0.1, 0.15) is 28.9 Å². The summed E-state index contributed by atoms with van der Waals surface area (Å²) in [7, 11) is 0. The van der Waals surface area contributed by atoms with Crippen molar-refractivity contribution in [2.45, 2.75) is 32.1 Å². The van der Waals surface area contributed by atoms with Gasteiger partial charge in [-0.2, -0.15) is 0 Å². The van der Waals surface area contributed by atoms with Gasteiger partial charge in [0.1, 0.15) is 11.5 Å². The molecule has 3 rings (SSSR count). The Labute approximate surface area is 161 Å². The van der Waals surface area contributed by atoms with Crippen LogP contribution in [-0.4, -0.2) is 5.11 Å². The predicted octanol–water partition coefficient (Wildman–Crippen LogP) is 5.07.